The normalized spacial score (nSPS) is 25.4. The van der Waals surface area contributed by atoms with Crippen LogP contribution in [0.2, 0.25) is 5.02 Å². The minimum Gasteiger partial charge on any atom is -0.271 e. The van der Waals surface area contributed by atoms with E-state index in [4.69, 9.17) is 17.4 Å². The molecule has 1 aliphatic rings. The number of hydrogen-bond acceptors (Lipinski definition) is 2. The van der Waals surface area contributed by atoms with E-state index >= 15 is 0 Å². The van der Waals surface area contributed by atoms with Crippen molar-refractivity contribution in [3.05, 3.63) is 34.9 Å². The van der Waals surface area contributed by atoms with Gasteiger partial charge in [-0.1, -0.05) is 42.6 Å². The zero-order valence-electron chi connectivity index (χ0n) is 11.0. The lowest BCUT2D eigenvalue weighted by Crippen LogP contribution is -2.43. The highest BCUT2D eigenvalue weighted by atomic mass is 35.5. The fraction of sp³-hybridized carbons (Fsp3) is 0.571. The van der Waals surface area contributed by atoms with Gasteiger partial charge in [-0.15, -0.1) is 0 Å². The van der Waals surface area contributed by atoms with Crippen molar-refractivity contribution in [3.8, 4) is 0 Å². The van der Waals surface area contributed by atoms with Gasteiger partial charge < -0.3 is 0 Å². The summed E-state index contributed by atoms with van der Waals surface area (Å²) in [4.78, 5) is 0. The largest absolute Gasteiger partial charge is 0.392 e. The molecule has 0 radical (unpaired) electrons. The van der Waals surface area contributed by atoms with Crippen molar-refractivity contribution >= 4 is 11.6 Å². The highest BCUT2D eigenvalue weighted by molar-refractivity contribution is 6.31. The monoisotopic (exact) mass is 306 g/mol. The molecule has 0 aromatic heterocycles. The molecule has 2 rings (SSSR count). The number of nitrogens with two attached hydrogens (primary N) is 1. The maximum Gasteiger partial charge on any atom is 0.392 e. The number of halogens is 4. The number of hydrazine groups is 1. The van der Waals surface area contributed by atoms with E-state index in [2.05, 4.69) is 5.43 Å². The first-order valence-corrected chi connectivity index (χ1v) is 7.10. The molecule has 0 bridgehead atoms. The highest BCUT2D eigenvalue weighted by Crippen LogP contribution is 2.47. The summed E-state index contributed by atoms with van der Waals surface area (Å²) in [6.07, 6.45) is -2.12. The van der Waals surface area contributed by atoms with Crippen molar-refractivity contribution in [1.29, 1.82) is 0 Å². The van der Waals surface area contributed by atoms with Crippen LogP contribution < -0.4 is 11.3 Å². The Balaban J connectivity index is 2.32. The van der Waals surface area contributed by atoms with Crippen LogP contribution in [-0.4, -0.2) is 6.18 Å². The van der Waals surface area contributed by atoms with Crippen LogP contribution in [0.25, 0.3) is 0 Å². The van der Waals surface area contributed by atoms with Crippen LogP contribution in [-0.2, 0) is 0 Å². The van der Waals surface area contributed by atoms with E-state index in [0.717, 1.165) is 6.42 Å². The Labute approximate surface area is 121 Å². The molecule has 1 aromatic rings. The fourth-order valence-corrected chi connectivity index (χ4v) is 3.39. The van der Waals surface area contributed by atoms with Crippen LogP contribution in [0, 0.1) is 11.8 Å². The van der Waals surface area contributed by atoms with Crippen LogP contribution >= 0.6 is 11.6 Å². The summed E-state index contributed by atoms with van der Waals surface area (Å²) < 4.78 is 39.6. The zero-order chi connectivity index (χ0) is 14.8. The van der Waals surface area contributed by atoms with E-state index < -0.39 is 24.1 Å². The van der Waals surface area contributed by atoms with Crippen molar-refractivity contribution in [1.82, 2.24) is 5.43 Å². The molecule has 3 unspecified atom stereocenters. The SMILES string of the molecule is NNC(c1ccccc1Cl)C1CCCCC1C(F)(F)F. The number of hydrogen-bond donors (Lipinski definition) is 2. The van der Waals surface area contributed by atoms with Gasteiger partial charge in [0.25, 0.3) is 0 Å². The predicted molar refractivity (Wildman–Crippen MR) is 73.0 cm³/mol. The molecule has 0 spiro atoms. The molecule has 1 fully saturated rings. The third-order valence-electron chi connectivity index (χ3n) is 4.09. The second kappa shape index (κ2) is 6.33. The third-order valence-corrected chi connectivity index (χ3v) is 4.43. The summed E-state index contributed by atoms with van der Waals surface area (Å²) in [6.45, 7) is 0. The van der Waals surface area contributed by atoms with Crippen molar-refractivity contribution in [2.24, 2.45) is 17.7 Å². The molecule has 0 heterocycles. The van der Waals surface area contributed by atoms with Crippen LogP contribution in [0.15, 0.2) is 24.3 Å². The van der Waals surface area contributed by atoms with E-state index in [-0.39, 0.29) is 6.42 Å². The van der Waals surface area contributed by atoms with E-state index in [9.17, 15) is 13.2 Å². The summed E-state index contributed by atoms with van der Waals surface area (Å²) in [5.41, 5.74) is 3.18. The Morgan fingerprint density at radius 1 is 1.20 bits per heavy atom. The lowest BCUT2D eigenvalue weighted by atomic mass is 9.73. The van der Waals surface area contributed by atoms with E-state index in [1.807, 2.05) is 0 Å². The van der Waals surface area contributed by atoms with E-state index in [1.54, 1.807) is 24.3 Å². The zero-order valence-corrected chi connectivity index (χ0v) is 11.7. The third kappa shape index (κ3) is 3.27. The average molecular weight is 307 g/mol. The summed E-state index contributed by atoms with van der Waals surface area (Å²) in [6, 6.07) is 6.34. The lowest BCUT2D eigenvalue weighted by Gasteiger charge is -2.38. The smallest absolute Gasteiger partial charge is 0.271 e. The Hall–Kier alpha value is -0.780. The van der Waals surface area contributed by atoms with Crippen LogP contribution in [0.3, 0.4) is 0 Å². The molecule has 0 amide bonds. The van der Waals surface area contributed by atoms with Gasteiger partial charge in [-0.3, -0.25) is 11.3 Å². The molecular formula is C14H18ClF3N2. The molecule has 0 aliphatic heterocycles. The lowest BCUT2D eigenvalue weighted by molar-refractivity contribution is -0.199. The topological polar surface area (TPSA) is 38.0 Å². The van der Waals surface area contributed by atoms with Gasteiger partial charge >= 0.3 is 6.18 Å². The first-order valence-electron chi connectivity index (χ1n) is 6.72. The number of rotatable bonds is 3. The summed E-state index contributed by atoms with van der Waals surface area (Å²) in [5.74, 6) is 3.63. The molecule has 0 saturated heterocycles. The molecule has 20 heavy (non-hydrogen) atoms. The van der Waals surface area contributed by atoms with Gasteiger partial charge in [0.1, 0.15) is 0 Å². The molecule has 1 saturated carbocycles. The van der Waals surface area contributed by atoms with Gasteiger partial charge in [0.15, 0.2) is 0 Å². The summed E-state index contributed by atoms with van der Waals surface area (Å²) in [5, 5.41) is 0.446. The highest BCUT2D eigenvalue weighted by Gasteiger charge is 2.48. The van der Waals surface area contributed by atoms with Gasteiger partial charge in [-0.25, -0.2) is 0 Å². The molecule has 112 valence electrons. The van der Waals surface area contributed by atoms with Gasteiger partial charge in [-0.2, -0.15) is 13.2 Å². The van der Waals surface area contributed by atoms with Gasteiger partial charge in [0, 0.05) is 5.02 Å². The molecule has 3 atom stereocenters. The van der Waals surface area contributed by atoms with Crippen molar-refractivity contribution in [2.45, 2.75) is 37.9 Å². The standard InChI is InChI=1S/C14H18ClF3N2/c15-12-8-4-2-6-10(12)13(20-19)9-5-1-3-7-11(9)14(16,17)18/h2,4,6,8-9,11,13,20H,1,3,5,7,19H2. The molecule has 3 N–H and O–H groups in total. The van der Waals surface area contributed by atoms with Crippen molar-refractivity contribution in [3.63, 3.8) is 0 Å². The second-order valence-electron chi connectivity index (χ2n) is 5.26. The van der Waals surface area contributed by atoms with Crippen molar-refractivity contribution in [2.75, 3.05) is 0 Å². The number of nitrogens with one attached hydrogen (secondary N) is 1. The molecule has 1 aromatic carbocycles. The molecule has 2 nitrogen and oxygen atoms in total. The molecule has 1 aliphatic carbocycles. The summed E-state index contributed by atoms with van der Waals surface area (Å²) in [7, 11) is 0. The minimum atomic E-state index is -4.19. The maximum atomic E-state index is 13.2. The average Bonchev–Trinajstić information content (AvgIpc) is 2.41. The molecular weight excluding hydrogens is 289 g/mol. The van der Waals surface area contributed by atoms with Gasteiger partial charge in [0.05, 0.1) is 12.0 Å². The molecule has 6 heteroatoms. The Morgan fingerprint density at radius 2 is 1.85 bits per heavy atom. The van der Waals surface area contributed by atoms with E-state index in [0.29, 0.717) is 23.4 Å². The van der Waals surface area contributed by atoms with Gasteiger partial charge in [0.2, 0.25) is 0 Å². The maximum absolute atomic E-state index is 13.2. The second-order valence-corrected chi connectivity index (χ2v) is 5.67. The van der Waals surface area contributed by atoms with Crippen LogP contribution in [0.5, 0.6) is 0 Å². The first-order chi connectivity index (χ1) is 9.45. The van der Waals surface area contributed by atoms with Crippen LogP contribution in [0.4, 0.5) is 13.2 Å². The predicted octanol–water partition coefficient (Wildman–Crippen LogP) is 4.21. The Morgan fingerprint density at radius 3 is 2.45 bits per heavy atom. The minimum absolute atomic E-state index is 0.163. The van der Waals surface area contributed by atoms with Crippen LogP contribution in [0.1, 0.15) is 37.3 Å². The quantitative estimate of drug-likeness (QED) is 0.648. The van der Waals surface area contributed by atoms with Gasteiger partial charge in [-0.05, 0) is 30.4 Å². The number of alkyl halides is 3. The first kappa shape index (κ1) is 15.6. The Kier molecular flexibility index (Phi) is 4.94. The number of benzene rings is 1. The van der Waals surface area contributed by atoms with E-state index in [1.165, 1.54) is 0 Å². The Bertz CT molecular complexity index is 450. The van der Waals surface area contributed by atoms with Crippen molar-refractivity contribution < 1.29 is 13.2 Å². The fourth-order valence-electron chi connectivity index (χ4n) is 3.14. The summed E-state index contributed by atoms with van der Waals surface area (Å²) >= 11 is 6.10.